The molecule has 1 aliphatic rings. The first kappa shape index (κ1) is 21.7. The average Bonchev–Trinajstić information content (AvgIpc) is 2.74. The van der Waals surface area contributed by atoms with E-state index in [4.69, 9.17) is 4.74 Å². The van der Waals surface area contributed by atoms with Gasteiger partial charge in [0.1, 0.15) is 10.7 Å². The van der Waals surface area contributed by atoms with Crippen molar-refractivity contribution in [2.75, 3.05) is 31.6 Å². The molecule has 1 aromatic heterocycles. The first-order valence-electron chi connectivity index (χ1n) is 10.3. The summed E-state index contributed by atoms with van der Waals surface area (Å²) >= 11 is 0. The van der Waals surface area contributed by atoms with Crippen LogP contribution in [0.15, 0.2) is 47.5 Å². The van der Waals surface area contributed by atoms with Gasteiger partial charge in [0.15, 0.2) is 0 Å². The zero-order valence-corrected chi connectivity index (χ0v) is 18.3. The number of benzene rings is 1. The fraction of sp³-hybridized carbons (Fsp3) is 0.500. The Morgan fingerprint density at radius 3 is 2.34 bits per heavy atom. The first-order chi connectivity index (χ1) is 13.9. The topological polar surface area (TPSA) is 71.5 Å². The summed E-state index contributed by atoms with van der Waals surface area (Å²) in [5.74, 6) is 1.02. The molecule has 2 aromatic rings. The van der Waals surface area contributed by atoms with Crippen LogP contribution in [0.3, 0.4) is 0 Å². The van der Waals surface area contributed by atoms with Crippen LogP contribution in [0.25, 0.3) is 0 Å². The molecule has 1 aromatic carbocycles. The minimum absolute atomic E-state index is 0.0971. The normalized spacial score (nSPS) is 16.7. The van der Waals surface area contributed by atoms with Crippen molar-refractivity contribution in [2.45, 2.75) is 44.6 Å². The van der Waals surface area contributed by atoms with Gasteiger partial charge in [-0.25, -0.2) is 13.4 Å². The van der Waals surface area contributed by atoms with Crippen molar-refractivity contribution < 1.29 is 13.2 Å². The van der Waals surface area contributed by atoms with Crippen molar-refractivity contribution in [1.29, 1.82) is 0 Å². The van der Waals surface area contributed by atoms with Gasteiger partial charge in [-0.2, -0.15) is 4.31 Å². The summed E-state index contributed by atoms with van der Waals surface area (Å²) in [6.45, 7) is 8.13. The summed E-state index contributed by atoms with van der Waals surface area (Å²) in [6, 6.07) is 12.2. The van der Waals surface area contributed by atoms with Gasteiger partial charge < -0.3 is 10.1 Å². The molecule has 0 amide bonds. The summed E-state index contributed by atoms with van der Waals surface area (Å²) < 4.78 is 32.2. The van der Waals surface area contributed by atoms with Gasteiger partial charge >= 0.3 is 0 Å². The predicted molar refractivity (Wildman–Crippen MR) is 115 cm³/mol. The molecule has 29 heavy (non-hydrogen) atoms. The molecule has 1 saturated heterocycles. The van der Waals surface area contributed by atoms with Crippen molar-refractivity contribution >= 4 is 15.8 Å². The molecule has 1 aliphatic heterocycles. The minimum Gasteiger partial charge on any atom is -0.379 e. The fourth-order valence-electron chi connectivity index (χ4n) is 3.53. The molecule has 0 aliphatic carbocycles. The first-order valence-corrected chi connectivity index (χ1v) is 11.7. The van der Waals surface area contributed by atoms with Gasteiger partial charge in [0, 0.05) is 19.3 Å². The lowest BCUT2D eigenvalue weighted by Gasteiger charge is -2.26. The highest BCUT2D eigenvalue weighted by molar-refractivity contribution is 7.89. The number of morpholine rings is 1. The van der Waals surface area contributed by atoms with Crippen molar-refractivity contribution in [3.05, 3.63) is 53.7 Å². The molecule has 1 fully saturated rings. The van der Waals surface area contributed by atoms with E-state index in [-0.39, 0.29) is 10.9 Å². The third-order valence-electron chi connectivity index (χ3n) is 5.19. The molecule has 1 N–H and O–H groups in total. The van der Waals surface area contributed by atoms with E-state index in [0.717, 1.165) is 12.8 Å². The molecule has 7 heteroatoms. The summed E-state index contributed by atoms with van der Waals surface area (Å²) in [5, 5.41) is 3.46. The molecule has 0 bridgehead atoms. The Hall–Kier alpha value is -1.96. The van der Waals surface area contributed by atoms with Crippen molar-refractivity contribution in [3.8, 4) is 0 Å². The Morgan fingerprint density at radius 2 is 1.79 bits per heavy atom. The van der Waals surface area contributed by atoms with Crippen molar-refractivity contribution in [3.63, 3.8) is 0 Å². The van der Waals surface area contributed by atoms with Gasteiger partial charge in [-0.15, -0.1) is 0 Å². The van der Waals surface area contributed by atoms with Gasteiger partial charge in [-0.3, -0.25) is 0 Å². The highest BCUT2D eigenvalue weighted by Gasteiger charge is 2.26. The smallest absolute Gasteiger partial charge is 0.244 e. The molecular weight excluding hydrogens is 386 g/mol. The number of nitrogens with zero attached hydrogens (tertiary/aromatic N) is 2. The molecule has 0 spiro atoms. The highest BCUT2D eigenvalue weighted by Crippen LogP contribution is 2.27. The Labute approximate surface area is 174 Å². The zero-order chi connectivity index (χ0) is 20.9. The number of rotatable bonds is 8. The Bertz CT molecular complexity index is 875. The lowest BCUT2D eigenvalue weighted by molar-refractivity contribution is 0.0730. The molecule has 1 atom stereocenters. The maximum atomic E-state index is 12.7. The quantitative estimate of drug-likeness (QED) is 0.706. The van der Waals surface area contributed by atoms with Crippen LogP contribution in [0, 0.1) is 5.92 Å². The Morgan fingerprint density at radius 1 is 1.10 bits per heavy atom. The van der Waals surface area contributed by atoms with E-state index >= 15 is 0 Å². The molecule has 0 radical (unpaired) electrons. The molecule has 2 heterocycles. The van der Waals surface area contributed by atoms with Crippen LogP contribution >= 0.6 is 0 Å². The molecule has 3 rings (SSSR count). The number of aromatic nitrogens is 1. The molecule has 0 saturated carbocycles. The van der Waals surface area contributed by atoms with E-state index in [2.05, 4.69) is 55.3 Å². The van der Waals surface area contributed by atoms with E-state index in [0.29, 0.717) is 38.0 Å². The van der Waals surface area contributed by atoms with Crippen LogP contribution in [0.5, 0.6) is 0 Å². The maximum Gasteiger partial charge on any atom is 0.244 e. The van der Waals surface area contributed by atoms with Crippen LogP contribution < -0.4 is 5.32 Å². The van der Waals surface area contributed by atoms with Gasteiger partial charge in [0.05, 0.1) is 19.3 Å². The summed E-state index contributed by atoms with van der Waals surface area (Å²) in [5.41, 5.74) is 2.54. The van der Waals surface area contributed by atoms with Gasteiger partial charge in [-0.1, -0.05) is 51.5 Å². The Kier molecular flexibility index (Phi) is 7.27. The van der Waals surface area contributed by atoms with Crippen LogP contribution in [0.2, 0.25) is 0 Å². The molecule has 6 nitrogen and oxygen atoms in total. The number of hydrogen-bond donors (Lipinski definition) is 1. The second-order valence-electron chi connectivity index (χ2n) is 7.75. The van der Waals surface area contributed by atoms with Crippen molar-refractivity contribution in [2.24, 2.45) is 5.92 Å². The predicted octanol–water partition coefficient (Wildman–Crippen LogP) is 3.86. The van der Waals surface area contributed by atoms with E-state index in [1.165, 1.54) is 21.6 Å². The average molecular weight is 418 g/mol. The second-order valence-corrected chi connectivity index (χ2v) is 9.69. The second kappa shape index (κ2) is 9.69. The van der Waals surface area contributed by atoms with Crippen LogP contribution in [-0.2, 0) is 21.2 Å². The fourth-order valence-corrected chi connectivity index (χ4v) is 4.88. The van der Waals surface area contributed by atoms with Gasteiger partial charge in [0.2, 0.25) is 10.0 Å². The highest BCUT2D eigenvalue weighted by atomic mass is 32.2. The van der Waals surface area contributed by atoms with Crippen molar-refractivity contribution in [1.82, 2.24) is 9.29 Å². The lowest BCUT2D eigenvalue weighted by Crippen LogP contribution is -2.40. The molecule has 158 valence electrons. The molecule has 0 unspecified atom stereocenters. The maximum absolute atomic E-state index is 12.7. The minimum atomic E-state index is -3.52. The number of pyridine rings is 1. The zero-order valence-electron chi connectivity index (χ0n) is 17.5. The number of ether oxygens (including phenoxy) is 1. The van der Waals surface area contributed by atoms with Gasteiger partial charge in [-0.05, 0) is 35.6 Å². The summed E-state index contributed by atoms with van der Waals surface area (Å²) in [4.78, 5) is 4.60. The van der Waals surface area contributed by atoms with E-state index in [9.17, 15) is 8.42 Å². The third-order valence-corrected chi connectivity index (χ3v) is 7.07. The lowest BCUT2D eigenvalue weighted by atomic mass is 9.94. The Balaban J connectivity index is 1.74. The van der Waals surface area contributed by atoms with Gasteiger partial charge in [0.25, 0.3) is 0 Å². The summed E-state index contributed by atoms with van der Waals surface area (Å²) in [7, 11) is -3.52. The SMILES string of the molecule is CCCc1ccc([C@H](Nc2ccc(S(=O)(=O)N3CCOCC3)cn2)C(C)C)cc1. The van der Waals surface area contributed by atoms with Crippen LogP contribution in [0.4, 0.5) is 5.82 Å². The van der Waals surface area contributed by atoms with E-state index in [1.807, 2.05) is 0 Å². The number of nitrogens with one attached hydrogen (secondary N) is 1. The number of anilines is 1. The largest absolute Gasteiger partial charge is 0.379 e. The number of aryl methyl sites for hydroxylation is 1. The standard InChI is InChI=1S/C22H31N3O3S/c1-4-5-18-6-8-19(9-7-18)22(17(2)3)24-21-11-10-20(16-23-21)29(26,27)25-12-14-28-15-13-25/h6-11,16-17,22H,4-5,12-15H2,1-3H3,(H,23,24)/t22-/m1/s1. The monoisotopic (exact) mass is 417 g/mol. The summed E-state index contributed by atoms with van der Waals surface area (Å²) in [6.07, 6.45) is 3.66. The number of sulfonamides is 1. The van der Waals surface area contributed by atoms with E-state index in [1.54, 1.807) is 12.1 Å². The molecular formula is C22H31N3O3S. The van der Waals surface area contributed by atoms with Crippen LogP contribution in [0.1, 0.15) is 44.4 Å². The van der Waals surface area contributed by atoms with Crippen LogP contribution in [-0.4, -0.2) is 44.0 Å². The van der Waals surface area contributed by atoms with E-state index < -0.39 is 10.0 Å². The number of hydrogen-bond acceptors (Lipinski definition) is 5. The third kappa shape index (κ3) is 5.35.